The first-order chi connectivity index (χ1) is 11.6. The van der Waals surface area contributed by atoms with Crippen molar-refractivity contribution >= 4 is 28.4 Å². The first-order valence-corrected chi connectivity index (χ1v) is 8.82. The highest BCUT2D eigenvalue weighted by molar-refractivity contribution is 6.35. The lowest BCUT2D eigenvalue weighted by Gasteiger charge is -2.24. The van der Waals surface area contributed by atoms with Gasteiger partial charge in [0.2, 0.25) is 5.43 Å². The Hall–Kier alpha value is -2.01. The molecule has 0 saturated heterocycles. The van der Waals surface area contributed by atoms with E-state index in [9.17, 15) is 9.59 Å². The highest BCUT2D eigenvalue weighted by Crippen LogP contribution is 2.32. The summed E-state index contributed by atoms with van der Waals surface area (Å²) in [6, 6.07) is 3.58. The van der Waals surface area contributed by atoms with Crippen LogP contribution in [0, 0.1) is 0 Å². The molecule has 0 atom stereocenters. The van der Waals surface area contributed by atoms with Crippen molar-refractivity contribution in [2.75, 3.05) is 6.61 Å². The Morgan fingerprint density at radius 2 is 2.04 bits per heavy atom. The van der Waals surface area contributed by atoms with Crippen LogP contribution in [0.25, 0.3) is 10.9 Å². The maximum atomic E-state index is 12.9. The summed E-state index contributed by atoms with van der Waals surface area (Å²) in [5, 5.41) is 3.74. The molecule has 0 radical (unpaired) electrons. The summed E-state index contributed by atoms with van der Waals surface area (Å²) in [5.74, 6) is 0.336. The van der Waals surface area contributed by atoms with Gasteiger partial charge in [0, 0.05) is 12.2 Å². The van der Waals surface area contributed by atoms with Crippen LogP contribution >= 0.6 is 11.6 Å². The average Bonchev–Trinajstić information content (AvgIpc) is 2.60. The number of amides is 1. The van der Waals surface area contributed by atoms with Gasteiger partial charge in [-0.25, -0.2) is 0 Å². The van der Waals surface area contributed by atoms with Crippen LogP contribution in [0.5, 0.6) is 5.75 Å². The number of carbonyl (C=O) groups is 1. The van der Waals surface area contributed by atoms with Gasteiger partial charge >= 0.3 is 0 Å². The second-order valence-corrected chi connectivity index (χ2v) is 6.90. The average molecular weight is 347 g/mol. The molecule has 0 spiro atoms. The third-order valence-electron chi connectivity index (χ3n) is 4.91. The van der Waals surface area contributed by atoms with Gasteiger partial charge in [-0.1, -0.05) is 30.9 Å². The first-order valence-electron chi connectivity index (χ1n) is 8.44. The third kappa shape index (κ3) is 2.57. The fourth-order valence-electron chi connectivity index (χ4n) is 3.68. The highest BCUT2D eigenvalue weighted by atomic mass is 35.5. The molecule has 1 saturated carbocycles. The maximum Gasteiger partial charge on any atom is 0.256 e. The number of pyridine rings is 1. The summed E-state index contributed by atoms with van der Waals surface area (Å²) in [7, 11) is 0. The molecule has 126 valence electrons. The fourth-order valence-corrected chi connectivity index (χ4v) is 3.92. The number of ether oxygens (including phenoxy) is 1. The molecule has 4 rings (SSSR count). The molecule has 2 aromatic rings. The largest absolute Gasteiger partial charge is 0.490 e. The van der Waals surface area contributed by atoms with E-state index in [1.807, 2.05) is 4.57 Å². The standard InChI is InChI=1S/C18H19ClN2O3/c19-13-6-7-14-16-15(13)17(22)12(10-21(16)8-9-24-14)18(23)20-11-4-2-1-3-5-11/h6-7,10-11H,1-5,8-9H2,(H,20,23). The lowest BCUT2D eigenvalue weighted by Crippen LogP contribution is -2.39. The van der Waals surface area contributed by atoms with Crippen LogP contribution in [0.15, 0.2) is 23.1 Å². The smallest absolute Gasteiger partial charge is 0.256 e. The molecule has 24 heavy (non-hydrogen) atoms. The van der Waals surface area contributed by atoms with Gasteiger partial charge in [-0.3, -0.25) is 9.59 Å². The molecule has 6 heteroatoms. The molecular formula is C18H19ClN2O3. The van der Waals surface area contributed by atoms with E-state index in [1.165, 1.54) is 6.42 Å². The SMILES string of the molecule is O=C(NC1CCCCC1)c1cn2c3c(ccc(Cl)c3c1=O)OCC2. The minimum atomic E-state index is -0.327. The van der Waals surface area contributed by atoms with Crippen molar-refractivity contribution in [2.24, 2.45) is 0 Å². The lowest BCUT2D eigenvalue weighted by atomic mass is 9.95. The van der Waals surface area contributed by atoms with Crippen molar-refractivity contribution in [1.29, 1.82) is 0 Å². The fraction of sp³-hybridized carbons (Fsp3) is 0.444. The van der Waals surface area contributed by atoms with E-state index in [-0.39, 0.29) is 22.9 Å². The van der Waals surface area contributed by atoms with Crippen molar-refractivity contribution < 1.29 is 9.53 Å². The van der Waals surface area contributed by atoms with Crippen molar-refractivity contribution in [3.63, 3.8) is 0 Å². The number of carbonyl (C=O) groups excluding carboxylic acids is 1. The number of nitrogens with one attached hydrogen (secondary N) is 1. The summed E-state index contributed by atoms with van der Waals surface area (Å²) < 4.78 is 7.51. The molecule has 1 amide bonds. The van der Waals surface area contributed by atoms with Gasteiger partial charge < -0.3 is 14.6 Å². The van der Waals surface area contributed by atoms with Crippen LogP contribution in [0.2, 0.25) is 5.02 Å². The predicted molar refractivity (Wildman–Crippen MR) is 93.1 cm³/mol. The van der Waals surface area contributed by atoms with Gasteiger partial charge in [0.1, 0.15) is 17.9 Å². The van der Waals surface area contributed by atoms with Crippen molar-refractivity contribution in [1.82, 2.24) is 9.88 Å². The van der Waals surface area contributed by atoms with Crippen LogP contribution < -0.4 is 15.5 Å². The van der Waals surface area contributed by atoms with Crippen LogP contribution in [0.1, 0.15) is 42.5 Å². The predicted octanol–water partition coefficient (Wildman–Crippen LogP) is 3.11. The minimum absolute atomic E-state index is 0.160. The van der Waals surface area contributed by atoms with E-state index >= 15 is 0 Å². The van der Waals surface area contributed by atoms with Gasteiger partial charge in [0.05, 0.1) is 22.5 Å². The number of nitrogens with zero attached hydrogens (tertiary/aromatic N) is 1. The molecule has 1 aromatic heterocycles. The van der Waals surface area contributed by atoms with Crippen LogP contribution in [0.3, 0.4) is 0 Å². The Balaban J connectivity index is 1.79. The summed E-state index contributed by atoms with van der Waals surface area (Å²) in [4.78, 5) is 25.5. The Morgan fingerprint density at radius 1 is 1.25 bits per heavy atom. The molecule has 1 aliphatic carbocycles. The zero-order valence-corrected chi connectivity index (χ0v) is 14.1. The number of hydrogen-bond acceptors (Lipinski definition) is 3. The number of benzene rings is 1. The topological polar surface area (TPSA) is 60.3 Å². The third-order valence-corrected chi connectivity index (χ3v) is 5.22. The highest BCUT2D eigenvalue weighted by Gasteiger charge is 2.24. The molecule has 2 heterocycles. The molecule has 1 fully saturated rings. The summed E-state index contributed by atoms with van der Waals surface area (Å²) in [6.07, 6.45) is 7.07. The zero-order chi connectivity index (χ0) is 16.7. The zero-order valence-electron chi connectivity index (χ0n) is 13.3. The van der Waals surface area contributed by atoms with Gasteiger partial charge in [-0.15, -0.1) is 0 Å². The Kier molecular flexibility index (Phi) is 3.96. The Morgan fingerprint density at radius 3 is 2.83 bits per heavy atom. The Bertz CT molecular complexity index is 869. The van der Waals surface area contributed by atoms with E-state index in [1.54, 1.807) is 18.3 Å². The summed E-state index contributed by atoms with van der Waals surface area (Å²) in [6.45, 7) is 1.10. The number of halogens is 1. The molecule has 0 bridgehead atoms. The second kappa shape index (κ2) is 6.13. The first kappa shape index (κ1) is 15.5. The van der Waals surface area contributed by atoms with Gasteiger partial charge in [-0.2, -0.15) is 0 Å². The van der Waals surface area contributed by atoms with Crippen molar-refractivity contribution in [3.05, 3.63) is 39.1 Å². The normalized spacial score (nSPS) is 17.5. The molecule has 0 unspecified atom stereocenters. The van der Waals surface area contributed by atoms with E-state index in [0.717, 1.165) is 25.7 Å². The van der Waals surface area contributed by atoms with Crippen LogP contribution in [-0.4, -0.2) is 23.1 Å². The summed E-state index contributed by atoms with van der Waals surface area (Å²) >= 11 is 6.26. The molecule has 1 N–H and O–H groups in total. The van der Waals surface area contributed by atoms with Gasteiger partial charge in [-0.05, 0) is 25.0 Å². The molecule has 1 aromatic carbocycles. The van der Waals surface area contributed by atoms with E-state index in [0.29, 0.717) is 34.8 Å². The Labute approximate surface area is 144 Å². The van der Waals surface area contributed by atoms with Gasteiger partial charge in [0.25, 0.3) is 5.91 Å². The summed E-state index contributed by atoms with van der Waals surface area (Å²) in [5.41, 5.74) is 0.508. The molecule has 1 aliphatic heterocycles. The minimum Gasteiger partial charge on any atom is -0.490 e. The number of aromatic nitrogens is 1. The molecule has 2 aliphatic rings. The number of hydrogen-bond donors (Lipinski definition) is 1. The van der Waals surface area contributed by atoms with Gasteiger partial charge in [0.15, 0.2) is 0 Å². The maximum absolute atomic E-state index is 12.9. The molecule has 5 nitrogen and oxygen atoms in total. The number of rotatable bonds is 2. The second-order valence-electron chi connectivity index (χ2n) is 6.49. The monoisotopic (exact) mass is 346 g/mol. The van der Waals surface area contributed by atoms with E-state index in [2.05, 4.69) is 5.32 Å². The quantitative estimate of drug-likeness (QED) is 0.908. The molecular weight excluding hydrogens is 328 g/mol. The van der Waals surface area contributed by atoms with Crippen molar-refractivity contribution in [2.45, 2.75) is 44.7 Å². The van der Waals surface area contributed by atoms with Crippen LogP contribution in [-0.2, 0) is 6.54 Å². The van der Waals surface area contributed by atoms with E-state index in [4.69, 9.17) is 16.3 Å². The van der Waals surface area contributed by atoms with E-state index < -0.39 is 0 Å². The lowest BCUT2D eigenvalue weighted by molar-refractivity contribution is 0.0926. The van der Waals surface area contributed by atoms with Crippen LogP contribution in [0.4, 0.5) is 0 Å². The van der Waals surface area contributed by atoms with Crippen molar-refractivity contribution in [3.8, 4) is 5.75 Å².